The molecule has 19 heavy (non-hydrogen) atoms. The summed E-state index contributed by atoms with van der Waals surface area (Å²) in [5.41, 5.74) is -1.17. The number of halogens is 2. The van der Waals surface area contributed by atoms with Crippen molar-refractivity contribution in [2.24, 2.45) is 0 Å². The highest BCUT2D eigenvalue weighted by molar-refractivity contribution is 6.02. The first-order valence-corrected chi connectivity index (χ1v) is 6.73. The molecule has 0 spiro atoms. The summed E-state index contributed by atoms with van der Waals surface area (Å²) >= 11 is 0. The van der Waals surface area contributed by atoms with E-state index in [0.29, 0.717) is 19.4 Å². The van der Waals surface area contributed by atoms with Crippen molar-refractivity contribution in [1.29, 1.82) is 0 Å². The van der Waals surface area contributed by atoms with Gasteiger partial charge in [-0.2, -0.15) is 0 Å². The van der Waals surface area contributed by atoms with Gasteiger partial charge in [-0.05, 0) is 38.0 Å². The zero-order valence-corrected chi connectivity index (χ0v) is 11.0. The Kier molecular flexibility index (Phi) is 4.30. The van der Waals surface area contributed by atoms with Crippen LogP contribution in [0.3, 0.4) is 0 Å². The summed E-state index contributed by atoms with van der Waals surface area (Å²) in [6.07, 6.45) is 3.96. The molecule has 1 aliphatic rings. The van der Waals surface area contributed by atoms with E-state index in [9.17, 15) is 13.6 Å². The van der Waals surface area contributed by atoms with Gasteiger partial charge in [-0.3, -0.25) is 4.79 Å². The molecule has 0 atom stereocenters. The fraction of sp³-hybridized carbons (Fsp3) is 0.533. The Hall–Kier alpha value is -1.29. The van der Waals surface area contributed by atoms with E-state index < -0.39 is 23.0 Å². The minimum absolute atomic E-state index is 0.199. The second-order valence-corrected chi connectivity index (χ2v) is 4.94. The number of carbonyl (C=O) groups is 1. The lowest BCUT2D eigenvalue weighted by molar-refractivity contribution is -0.0413. The van der Waals surface area contributed by atoms with Crippen molar-refractivity contribution in [2.75, 3.05) is 6.61 Å². The van der Waals surface area contributed by atoms with Gasteiger partial charge in [0.25, 0.3) is 0 Å². The van der Waals surface area contributed by atoms with Crippen LogP contribution < -0.4 is 0 Å². The van der Waals surface area contributed by atoms with Crippen LogP contribution in [0.1, 0.15) is 49.4 Å². The fourth-order valence-electron chi connectivity index (χ4n) is 2.75. The Labute approximate surface area is 111 Å². The van der Waals surface area contributed by atoms with E-state index >= 15 is 0 Å². The molecule has 0 radical (unpaired) electrons. The summed E-state index contributed by atoms with van der Waals surface area (Å²) in [7, 11) is 0. The van der Waals surface area contributed by atoms with E-state index in [1.54, 1.807) is 0 Å². The molecule has 0 heterocycles. The Bertz CT molecular complexity index is 460. The first-order valence-electron chi connectivity index (χ1n) is 6.73. The average molecular weight is 268 g/mol. The molecule has 0 aromatic heterocycles. The predicted octanol–water partition coefficient (Wildman–Crippen LogP) is 3.89. The first-order chi connectivity index (χ1) is 9.09. The maximum atomic E-state index is 13.7. The maximum Gasteiger partial charge on any atom is 0.197 e. The molecule has 4 heteroatoms. The summed E-state index contributed by atoms with van der Waals surface area (Å²) < 4.78 is 32.6. The van der Waals surface area contributed by atoms with Gasteiger partial charge < -0.3 is 4.74 Å². The van der Waals surface area contributed by atoms with Gasteiger partial charge in [-0.15, -0.1) is 0 Å². The Morgan fingerprint density at radius 1 is 1.26 bits per heavy atom. The lowest BCUT2D eigenvalue weighted by atomic mass is 9.79. The molecule has 0 amide bonds. The van der Waals surface area contributed by atoms with E-state index in [0.717, 1.165) is 37.5 Å². The van der Waals surface area contributed by atoms with Crippen LogP contribution in [0.25, 0.3) is 0 Å². The third-order valence-electron chi connectivity index (χ3n) is 3.67. The molecule has 1 fully saturated rings. The average Bonchev–Trinajstić information content (AvgIpc) is 2.42. The molecular weight excluding hydrogens is 250 g/mol. The number of hydrogen-bond acceptors (Lipinski definition) is 2. The van der Waals surface area contributed by atoms with E-state index in [4.69, 9.17) is 4.74 Å². The molecule has 0 N–H and O–H groups in total. The summed E-state index contributed by atoms with van der Waals surface area (Å²) in [6.45, 7) is 2.20. The highest BCUT2D eigenvalue weighted by atomic mass is 19.1. The quantitative estimate of drug-likeness (QED) is 0.774. The van der Waals surface area contributed by atoms with Crippen molar-refractivity contribution >= 4 is 5.78 Å². The van der Waals surface area contributed by atoms with Crippen LogP contribution in [0.2, 0.25) is 0 Å². The van der Waals surface area contributed by atoms with Gasteiger partial charge >= 0.3 is 0 Å². The molecule has 0 bridgehead atoms. The normalized spacial score (nSPS) is 18.3. The van der Waals surface area contributed by atoms with Gasteiger partial charge in [-0.25, -0.2) is 8.78 Å². The van der Waals surface area contributed by atoms with Crippen LogP contribution in [-0.4, -0.2) is 18.0 Å². The van der Waals surface area contributed by atoms with Gasteiger partial charge in [0, 0.05) is 6.61 Å². The lowest BCUT2D eigenvalue weighted by Crippen LogP contribution is -2.44. The molecule has 0 unspecified atom stereocenters. The SMILES string of the molecule is CCOC1(C(=O)c2cc(F)ccc2F)CCCCC1. The van der Waals surface area contributed by atoms with Crippen molar-refractivity contribution < 1.29 is 18.3 Å². The van der Waals surface area contributed by atoms with Gasteiger partial charge in [-0.1, -0.05) is 19.3 Å². The number of Topliss-reactive ketones (excluding diaryl/α,β-unsaturated/α-hetero) is 1. The van der Waals surface area contributed by atoms with Crippen LogP contribution >= 0.6 is 0 Å². The molecule has 0 aliphatic heterocycles. The van der Waals surface area contributed by atoms with Crippen LogP contribution in [0.15, 0.2) is 18.2 Å². The number of carbonyl (C=O) groups excluding carboxylic acids is 1. The smallest absolute Gasteiger partial charge is 0.197 e. The van der Waals surface area contributed by atoms with Crippen LogP contribution in [-0.2, 0) is 4.74 Å². The Balaban J connectivity index is 2.36. The van der Waals surface area contributed by atoms with Crippen molar-refractivity contribution in [3.63, 3.8) is 0 Å². The molecule has 0 saturated heterocycles. The first kappa shape index (κ1) is 14.1. The third kappa shape index (κ3) is 2.84. The molecule has 2 rings (SSSR count). The Morgan fingerprint density at radius 3 is 2.58 bits per heavy atom. The van der Waals surface area contributed by atoms with E-state index in [2.05, 4.69) is 0 Å². The lowest BCUT2D eigenvalue weighted by Gasteiger charge is -2.35. The monoisotopic (exact) mass is 268 g/mol. The molecule has 1 aromatic carbocycles. The van der Waals surface area contributed by atoms with Crippen LogP contribution in [0.5, 0.6) is 0 Å². The summed E-state index contributed by atoms with van der Waals surface area (Å²) in [5.74, 6) is -1.71. The summed E-state index contributed by atoms with van der Waals surface area (Å²) in [4.78, 5) is 12.6. The number of benzene rings is 1. The minimum Gasteiger partial charge on any atom is -0.367 e. The molecule has 1 aliphatic carbocycles. The highest BCUT2D eigenvalue weighted by Gasteiger charge is 2.41. The minimum atomic E-state index is -0.971. The zero-order chi connectivity index (χ0) is 13.9. The van der Waals surface area contributed by atoms with Gasteiger partial charge in [0.05, 0.1) is 5.56 Å². The zero-order valence-electron chi connectivity index (χ0n) is 11.0. The van der Waals surface area contributed by atoms with E-state index in [1.165, 1.54) is 0 Å². The topological polar surface area (TPSA) is 26.3 Å². The highest BCUT2D eigenvalue weighted by Crippen LogP contribution is 2.35. The molecule has 1 aromatic rings. The summed E-state index contributed by atoms with van der Waals surface area (Å²) in [5, 5.41) is 0. The number of ether oxygens (including phenoxy) is 1. The van der Waals surface area contributed by atoms with Crippen LogP contribution in [0.4, 0.5) is 8.78 Å². The molecule has 104 valence electrons. The largest absolute Gasteiger partial charge is 0.367 e. The van der Waals surface area contributed by atoms with Crippen LogP contribution in [0, 0.1) is 11.6 Å². The van der Waals surface area contributed by atoms with Crippen molar-refractivity contribution in [3.8, 4) is 0 Å². The number of rotatable bonds is 4. The second kappa shape index (κ2) is 5.78. The third-order valence-corrected chi connectivity index (χ3v) is 3.67. The predicted molar refractivity (Wildman–Crippen MR) is 68.1 cm³/mol. The van der Waals surface area contributed by atoms with Crippen molar-refractivity contribution in [2.45, 2.75) is 44.6 Å². The Morgan fingerprint density at radius 2 is 1.95 bits per heavy atom. The van der Waals surface area contributed by atoms with Gasteiger partial charge in [0.15, 0.2) is 5.78 Å². The van der Waals surface area contributed by atoms with E-state index in [-0.39, 0.29) is 5.56 Å². The maximum absolute atomic E-state index is 13.7. The van der Waals surface area contributed by atoms with Crippen molar-refractivity contribution in [1.82, 2.24) is 0 Å². The molecule has 1 saturated carbocycles. The molecular formula is C15H18F2O2. The second-order valence-electron chi connectivity index (χ2n) is 4.94. The van der Waals surface area contributed by atoms with E-state index in [1.807, 2.05) is 6.92 Å². The number of ketones is 1. The number of hydrogen-bond donors (Lipinski definition) is 0. The van der Waals surface area contributed by atoms with Gasteiger partial charge in [0.1, 0.15) is 17.2 Å². The van der Waals surface area contributed by atoms with Crippen molar-refractivity contribution in [3.05, 3.63) is 35.4 Å². The summed E-state index contributed by atoms with van der Waals surface area (Å²) in [6, 6.07) is 2.97. The molecule has 2 nitrogen and oxygen atoms in total. The fourth-order valence-corrected chi connectivity index (χ4v) is 2.75. The standard InChI is InChI=1S/C15H18F2O2/c1-2-19-15(8-4-3-5-9-15)14(18)12-10-11(16)6-7-13(12)17/h6-7,10H,2-5,8-9H2,1H3. The van der Waals surface area contributed by atoms with Gasteiger partial charge in [0.2, 0.25) is 0 Å².